The molecule has 1 saturated carbocycles. The normalized spacial score (nSPS) is 22.5. The largest absolute Gasteiger partial charge is 0.321 e. The lowest BCUT2D eigenvalue weighted by Gasteiger charge is -2.38. The molecule has 2 rings (SSSR count). The molecule has 19 heavy (non-hydrogen) atoms. The molecule has 1 heterocycles. The van der Waals surface area contributed by atoms with Crippen LogP contribution in [0.25, 0.3) is 0 Å². The van der Waals surface area contributed by atoms with Crippen LogP contribution in [0.5, 0.6) is 0 Å². The molecule has 108 valence electrons. The van der Waals surface area contributed by atoms with E-state index >= 15 is 0 Å². The van der Waals surface area contributed by atoms with Crippen molar-refractivity contribution in [2.24, 2.45) is 12.8 Å². The Morgan fingerprint density at radius 3 is 2.21 bits per heavy atom. The summed E-state index contributed by atoms with van der Waals surface area (Å²) in [7, 11) is 1.85. The summed E-state index contributed by atoms with van der Waals surface area (Å²) in [5.41, 5.74) is 7.47. The molecular weight excluding hydrogens is 248 g/mol. The van der Waals surface area contributed by atoms with Crippen molar-refractivity contribution >= 4 is 0 Å². The van der Waals surface area contributed by atoms with Crippen molar-refractivity contribution in [3.63, 3.8) is 0 Å². The molecule has 0 radical (unpaired) electrons. The average molecular weight is 271 g/mol. The van der Waals surface area contributed by atoms with Gasteiger partial charge in [-0.15, -0.1) is 0 Å². The molecular formula is C14H23F2N3. The van der Waals surface area contributed by atoms with Gasteiger partial charge in [0.05, 0.1) is 5.69 Å². The predicted molar refractivity (Wildman–Crippen MR) is 71.2 cm³/mol. The zero-order valence-electron chi connectivity index (χ0n) is 12.1. The van der Waals surface area contributed by atoms with Crippen LogP contribution in [0.1, 0.15) is 57.7 Å². The zero-order valence-corrected chi connectivity index (χ0v) is 12.1. The van der Waals surface area contributed by atoms with E-state index in [0.717, 1.165) is 11.3 Å². The van der Waals surface area contributed by atoms with Crippen molar-refractivity contribution < 1.29 is 8.78 Å². The van der Waals surface area contributed by atoms with Gasteiger partial charge in [-0.05, 0) is 12.8 Å². The van der Waals surface area contributed by atoms with Crippen LogP contribution in [0.4, 0.5) is 8.78 Å². The fraction of sp³-hybridized carbons (Fsp3) is 0.786. The van der Waals surface area contributed by atoms with Gasteiger partial charge < -0.3 is 5.73 Å². The van der Waals surface area contributed by atoms with E-state index < -0.39 is 11.5 Å². The lowest BCUT2D eigenvalue weighted by atomic mass is 9.73. The van der Waals surface area contributed by atoms with E-state index in [2.05, 4.69) is 25.9 Å². The molecule has 0 bridgehead atoms. The summed E-state index contributed by atoms with van der Waals surface area (Å²) in [5.74, 6) is -2.56. The summed E-state index contributed by atoms with van der Waals surface area (Å²) < 4.78 is 28.4. The van der Waals surface area contributed by atoms with Crippen LogP contribution in [0, 0.1) is 0 Å². The Morgan fingerprint density at radius 1 is 1.21 bits per heavy atom. The number of aryl methyl sites for hydroxylation is 1. The van der Waals surface area contributed by atoms with E-state index in [9.17, 15) is 8.78 Å². The minimum Gasteiger partial charge on any atom is -0.321 e. The fourth-order valence-corrected chi connectivity index (χ4v) is 2.74. The Balaban J connectivity index is 2.37. The van der Waals surface area contributed by atoms with E-state index in [-0.39, 0.29) is 18.3 Å². The molecule has 0 amide bonds. The lowest BCUT2D eigenvalue weighted by Crippen LogP contribution is -2.44. The lowest BCUT2D eigenvalue weighted by molar-refractivity contribution is -0.0515. The van der Waals surface area contributed by atoms with Crippen molar-refractivity contribution in [3.05, 3.63) is 17.5 Å². The molecule has 3 nitrogen and oxygen atoms in total. The molecule has 1 aliphatic carbocycles. The van der Waals surface area contributed by atoms with E-state index in [0.29, 0.717) is 12.8 Å². The van der Waals surface area contributed by atoms with Crippen LogP contribution in [0.3, 0.4) is 0 Å². The van der Waals surface area contributed by atoms with Gasteiger partial charge in [0.2, 0.25) is 5.92 Å². The Hall–Kier alpha value is -0.970. The maximum atomic E-state index is 13.3. The first-order valence-corrected chi connectivity index (χ1v) is 6.75. The molecule has 0 aromatic carbocycles. The van der Waals surface area contributed by atoms with Gasteiger partial charge in [0.1, 0.15) is 0 Å². The second kappa shape index (κ2) is 4.27. The molecule has 0 unspecified atom stereocenters. The van der Waals surface area contributed by atoms with E-state index in [1.54, 1.807) is 4.68 Å². The fourth-order valence-electron chi connectivity index (χ4n) is 2.74. The topological polar surface area (TPSA) is 43.8 Å². The molecule has 1 aromatic heterocycles. The van der Waals surface area contributed by atoms with Gasteiger partial charge >= 0.3 is 0 Å². The molecule has 1 aromatic rings. The Kier molecular flexibility index (Phi) is 3.24. The van der Waals surface area contributed by atoms with Gasteiger partial charge in [0.15, 0.2) is 0 Å². The third-order valence-corrected chi connectivity index (χ3v) is 3.95. The van der Waals surface area contributed by atoms with Crippen molar-refractivity contribution in [2.45, 2.75) is 63.3 Å². The van der Waals surface area contributed by atoms with Gasteiger partial charge in [-0.2, -0.15) is 5.10 Å². The highest BCUT2D eigenvalue weighted by Crippen LogP contribution is 2.44. The summed E-state index contributed by atoms with van der Waals surface area (Å²) >= 11 is 0. The predicted octanol–water partition coefficient (Wildman–Crippen LogP) is 3.08. The van der Waals surface area contributed by atoms with Gasteiger partial charge in [-0.3, -0.25) is 4.68 Å². The SMILES string of the molecule is Cn1cc(C2(N)CCC(F)(F)CC2)c(C(C)(C)C)n1. The summed E-state index contributed by atoms with van der Waals surface area (Å²) in [5, 5.41) is 4.49. The van der Waals surface area contributed by atoms with Crippen LogP contribution in [-0.4, -0.2) is 15.7 Å². The average Bonchev–Trinajstić information content (AvgIpc) is 2.66. The maximum Gasteiger partial charge on any atom is 0.248 e. The van der Waals surface area contributed by atoms with Crippen LogP contribution in [0.2, 0.25) is 0 Å². The smallest absolute Gasteiger partial charge is 0.248 e. The number of hydrogen-bond acceptors (Lipinski definition) is 2. The summed E-state index contributed by atoms with van der Waals surface area (Å²) in [6.45, 7) is 6.21. The van der Waals surface area contributed by atoms with Crippen LogP contribution < -0.4 is 5.73 Å². The van der Waals surface area contributed by atoms with E-state index in [4.69, 9.17) is 5.73 Å². The molecule has 0 saturated heterocycles. The number of alkyl halides is 2. The van der Waals surface area contributed by atoms with Crippen LogP contribution >= 0.6 is 0 Å². The minimum absolute atomic E-state index is 0.136. The highest BCUT2D eigenvalue weighted by atomic mass is 19.3. The Morgan fingerprint density at radius 2 is 1.74 bits per heavy atom. The molecule has 0 atom stereocenters. The van der Waals surface area contributed by atoms with Crippen molar-refractivity contribution in [1.82, 2.24) is 9.78 Å². The van der Waals surface area contributed by atoms with E-state index in [1.807, 2.05) is 13.2 Å². The van der Waals surface area contributed by atoms with Crippen molar-refractivity contribution in [2.75, 3.05) is 0 Å². The monoisotopic (exact) mass is 271 g/mol. The number of nitrogens with zero attached hydrogens (tertiary/aromatic N) is 2. The molecule has 0 aliphatic heterocycles. The van der Waals surface area contributed by atoms with E-state index in [1.165, 1.54) is 0 Å². The number of aromatic nitrogens is 2. The van der Waals surface area contributed by atoms with Gasteiger partial charge in [0.25, 0.3) is 0 Å². The Bertz CT molecular complexity index is 462. The first-order chi connectivity index (χ1) is 8.54. The first-order valence-electron chi connectivity index (χ1n) is 6.75. The molecule has 0 spiro atoms. The number of rotatable bonds is 1. The second-order valence-corrected chi connectivity index (χ2v) is 6.83. The standard InChI is InChI=1S/C14H23F2N3/c1-12(2,3)11-10(9-19(4)18-11)13(17)5-7-14(15,16)8-6-13/h9H,5-8,17H2,1-4H3. The number of nitrogens with two attached hydrogens (primary N) is 1. The third-order valence-electron chi connectivity index (χ3n) is 3.95. The summed E-state index contributed by atoms with van der Waals surface area (Å²) in [6.07, 6.45) is 2.25. The molecule has 5 heteroatoms. The van der Waals surface area contributed by atoms with Gasteiger partial charge in [-0.1, -0.05) is 20.8 Å². The number of halogens is 2. The number of hydrogen-bond donors (Lipinski definition) is 1. The maximum absolute atomic E-state index is 13.3. The quantitative estimate of drug-likeness (QED) is 0.853. The Labute approximate surface area is 113 Å². The second-order valence-electron chi connectivity index (χ2n) is 6.83. The molecule has 2 N–H and O–H groups in total. The zero-order chi connectivity index (χ0) is 14.5. The van der Waals surface area contributed by atoms with Crippen molar-refractivity contribution in [3.8, 4) is 0 Å². The summed E-state index contributed by atoms with van der Waals surface area (Å²) in [6, 6.07) is 0. The minimum atomic E-state index is -2.56. The van der Waals surface area contributed by atoms with Crippen LogP contribution in [0.15, 0.2) is 6.20 Å². The van der Waals surface area contributed by atoms with Gasteiger partial charge in [-0.25, -0.2) is 8.78 Å². The summed E-state index contributed by atoms with van der Waals surface area (Å²) in [4.78, 5) is 0. The highest BCUT2D eigenvalue weighted by molar-refractivity contribution is 5.32. The van der Waals surface area contributed by atoms with Crippen LogP contribution in [-0.2, 0) is 18.0 Å². The van der Waals surface area contributed by atoms with Crippen molar-refractivity contribution in [1.29, 1.82) is 0 Å². The third kappa shape index (κ3) is 2.81. The van der Waals surface area contributed by atoms with Gasteiger partial charge in [0, 0.05) is 42.6 Å². The first kappa shape index (κ1) is 14.4. The molecule has 1 fully saturated rings. The highest BCUT2D eigenvalue weighted by Gasteiger charge is 2.44. The molecule has 1 aliphatic rings.